The Morgan fingerprint density at radius 1 is 0.951 bits per heavy atom. The van der Waals surface area contributed by atoms with E-state index in [0.29, 0.717) is 29.7 Å². The lowest BCUT2D eigenvalue weighted by atomic mass is 9.74. The number of nitrogens with zero attached hydrogens (tertiary/aromatic N) is 2. The van der Waals surface area contributed by atoms with Crippen molar-refractivity contribution < 1.29 is 14.3 Å². The molecule has 2 atom stereocenters. The average molecular weight is 541 g/mol. The van der Waals surface area contributed by atoms with Crippen LogP contribution >= 0.6 is 0 Å². The van der Waals surface area contributed by atoms with Crippen LogP contribution in [0.5, 0.6) is 5.75 Å². The van der Waals surface area contributed by atoms with Gasteiger partial charge in [0.15, 0.2) is 5.78 Å². The molecule has 0 aromatic heterocycles. The van der Waals surface area contributed by atoms with E-state index in [1.807, 2.05) is 25.1 Å². The van der Waals surface area contributed by atoms with Crippen molar-refractivity contribution in [2.24, 2.45) is 5.92 Å². The highest BCUT2D eigenvalue weighted by Crippen LogP contribution is 2.56. The fourth-order valence-corrected chi connectivity index (χ4v) is 6.45. The summed E-state index contributed by atoms with van der Waals surface area (Å²) in [6, 6.07) is 23.4. The molecule has 3 aromatic rings. The molecule has 0 bridgehead atoms. The fraction of sp³-hybridized carbons (Fsp3) is 0.278. The Morgan fingerprint density at radius 2 is 1.63 bits per heavy atom. The van der Waals surface area contributed by atoms with Crippen LogP contribution in [-0.4, -0.2) is 11.8 Å². The maximum absolute atomic E-state index is 12.8. The number of hydrogen-bond donors (Lipinski definition) is 0. The summed E-state index contributed by atoms with van der Waals surface area (Å²) in [4.78, 5) is 24.0. The molecule has 5 nitrogen and oxygen atoms in total. The van der Waals surface area contributed by atoms with Gasteiger partial charge in [-0.05, 0) is 91.6 Å². The zero-order chi connectivity index (χ0) is 29.0. The number of benzene rings is 3. The Morgan fingerprint density at radius 3 is 2.24 bits per heavy atom. The van der Waals surface area contributed by atoms with E-state index in [0.717, 1.165) is 31.3 Å². The molecule has 41 heavy (non-hydrogen) atoms. The second-order valence-corrected chi connectivity index (χ2v) is 10.8. The van der Waals surface area contributed by atoms with Crippen LogP contribution in [0.25, 0.3) is 0 Å². The number of nitriles is 2. The molecule has 0 radical (unpaired) electrons. The van der Waals surface area contributed by atoms with Gasteiger partial charge in [0, 0.05) is 23.0 Å². The van der Waals surface area contributed by atoms with Crippen LogP contribution in [0, 0.1) is 35.5 Å². The monoisotopic (exact) mass is 540 g/mol. The number of carbonyl (C=O) groups excluding carboxylic acids is 2. The van der Waals surface area contributed by atoms with Gasteiger partial charge in [0.05, 0.1) is 29.2 Å². The maximum Gasteiger partial charge on any atom is 0.343 e. The predicted molar refractivity (Wildman–Crippen MR) is 157 cm³/mol. The lowest BCUT2D eigenvalue weighted by Gasteiger charge is -2.29. The fourth-order valence-electron chi connectivity index (χ4n) is 6.45. The van der Waals surface area contributed by atoms with Crippen LogP contribution in [0.1, 0.15) is 76.3 Å². The van der Waals surface area contributed by atoms with Crippen molar-refractivity contribution in [3.63, 3.8) is 0 Å². The Balaban J connectivity index is 0.000000237. The minimum Gasteiger partial charge on any atom is -0.423 e. The highest BCUT2D eigenvalue weighted by Gasteiger charge is 2.47. The van der Waals surface area contributed by atoms with Crippen molar-refractivity contribution in [3.8, 4) is 17.9 Å². The van der Waals surface area contributed by atoms with E-state index in [-0.39, 0.29) is 23.1 Å². The van der Waals surface area contributed by atoms with Gasteiger partial charge in [0.25, 0.3) is 0 Å². The third-order valence-electron chi connectivity index (χ3n) is 8.43. The molecule has 5 heteroatoms. The average Bonchev–Trinajstić information content (AvgIpc) is 3.59. The SMILES string of the molecule is CCC(=O)C1=CCC(C#N)C=C1.Cc1cccc2c1C1(CC2)CCc2cccc(OC(=O)c3ccc(C#N)cc3)c21. The second kappa shape index (κ2) is 11.8. The number of ether oxygens (including phenoxy) is 1. The Hall–Kier alpha value is -4.74. The first-order valence-corrected chi connectivity index (χ1v) is 14.1. The molecule has 0 heterocycles. The van der Waals surface area contributed by atoms with E-state index in [1.165, 1.54) is 27.8 Å². The van der Waals surface area contributed by atoms with Crippen LogP contribution in [-0.2, 0) is 23.1 Å². The van der Waals surface area contributed by atoms with Crippen LogP contribution in [0.15, 0.2) is 84.5 Å². The smallest absolute Gasteiger partial charge is 0.343 e. The number of esters is 1. The zero-order valence-corrected chi connectivity index (χ0v) is 23.4. The molecule has 1 spiro atoms. The van der Waals surface area contributed by atoms with Crippen molar-refractivity contribution >= 4 is 11.8 Å². The molecular weight excluding hydrogens is 508 g/mol. The third kappa shape index (κ3) is 5.37. The summed E-state index contributed by atoms with van der Waals surface area (Å²) in [6.07, 6.45) is 10.8. The summed E-state index contributed by atoms with van der Waals surface area (Å²) in [6.45, 7) is 4.03. The summed E-state index contributed by atoms with van der Waals surface area (Å²) >= 11 is 0. The molecule has 0 amide bonds. The lowest BCUT2D eigenvalue weighted by Crippen LogP contribution is -2.24. The molecule has 0 fully saturated rings. The standard InChI is InChI=1S/C26H21NO2.C10H11NO/c1-17-4-2-5-19-12-14-26(23(17)19)15-13-20-6-3-7-22(24(20)26)29-25(28)21-10-8-18(16-27)9-11-21;1-2-10(12)9-5-3-8(7-11)4-6-9/h2-11H,12-15H2,1H3;3,5-6,8H,2,4H2,1H3. The predicted octanol–water partition coefficient (Wildman–Crippen LogP) is 7.26. The Kier molecular flexibility index (Phi) is 7.99. The third-order valence-corrected chi connectivity index (χ3v) is 8.43. The number of Topliss-reactive ketones (excluding diaryl/α,β-unsaturated/α-hetero) is 1. The first kappa shape index (κ1) is 27.8. The van der Waals surface area contributed by atoms with E-state index in [9.17, 15) is 9.59 Å². The molecule has 3 aliphatic rings. The molecule has 2 unspecified atom stereocenters. The number of aryl methyl sites for hydroxylation is 3. The number of hydrogen-bond acceptors (Lipinski definition) is 5. The second-order valence-electron chi connectivity index (χ2n) is 10.8. The molecule has 3 aliphatic carbocycles. The summed E-state index contributed by atoms with van der Waals surface area (Å²) in [5, 5.41) is 17.5. The number of rotatable bonds is 4. The Bertz CT molecular complexity index is 1650. The maximum atomic E-state index is 12.8. The normalized spacial score (nSPS) is 19.6. The largest absolute Gasteiger partial charge is 0.423 e. The molecular formula is C36H32N2O3. The van der Waals surface area contributed by atoms with Gasteiger partial charge < -0.3 is 4.74 Å². The van der Waals surface area contributed by atoms with Gasteiger partial charge in [-0.1, -0.05) is 55.5 Å². The summed E-state index contributed by atoms with van der Waals surface area (Å²) in [5.41, 5.74) is 8.33. The zero-order valence-electron chi connectivity index (χ0n) is 23.4. The van der Waals surface area contributed by atoms with E-state index in [1.54, 1.807) is 36.4 Å². The highest BCUT2D eigenvalue weighted by molar-refractivity contribution is 5.98. The van der Waals surface area contributed by atoms with Crippen molar-refractivity contribution in [3.05, 3.63) is 123 Å². The number of allylic oxidation sites excluding steroid dienone is 4. The van der Waals surface area contributed by atoms with Crippen LogP contribution in [0.3, 0.4) is 0 Å². The number of carbonyl (C=O) groups is 2. The van der Waals surface area contributed by atoms with Crippen molar-refractivity contribution in [1.29, 1.82) is 10.5 Å². The topological polar surface area (TPSA) is 90.9 Å². The van der Waals surface area contributed by atoms with Gasteiger partial charge in [-0.2, -0.15) is 10.5 Å². The lowest BCUT2D eigenvalue weighted by molar-refractivity contribution is -0.115. The molecule has 0 aliphatic heterocycles. The van der Waals surface area contributed by atoms with E-state index < -0.39 is 0 Å². The van der Waals surface area contributed by atoms with E-state index in [2.05, 4.69) is 43.3 Å². The summed E-state index contributed by atoms with van der Waals surface area (Å²) in [7, 11) is 0. The number of fused-ring (bicyclic) bond motifs is 4. The van der Waals surface area contributed by atoms with Gasteiger partial charge in [0.1, 0.15) is 5.75 Å². The molecule has 0 saturated heterocycles. The Labute approximate surface area is 241 Å². The highest BCUT2D eigenvalue weighted by atomic mass is 16.5. The minimum absolute atomic E-state index is 0.0431. The van der Waals surface area contributed by atoms with E-state index in [4.69, 9.17) is 15.3 Å². The van der Waals surface area contributed by atoms with Crippen molar-refractivity contribution in [1.82, 2.24) is 0 Å². The van der Waals surface area contributed by atoms with Crippen LogP contribution < -0.4 is 4.74 Å². The van der Waals surface area contributed by atoms with E-state index >= 15 is 0 Å². The molecule has 0 N–H and O–H groups in total. The van der Waals surface area contributed by atoms with Crippen LogP contribution in [0.4, 0.5) is 0 Å². The summed E-state index contributed by atoms with van der Waals surface area (Å²) < 4.78 is 5.94. The molecule has 3 aromatic carbocycles. The van der Waals surface area contributed by atoms with Gasteiger partial charge >= 0.3 is 5.97 Å². The van der Waals surface area contributed by atoms with Crippen molar-refractivity contribution in [2.45, 2.75) is 57.8 Å². The minimum atomic E-state index is -0.382. The first-order valence-electron chi connectivity index (χ1n) is 14.1. The molecule has 6 rings (SSSR count). The van der Waals surface area contributed by atoms with Gasteiger partial charge in [0.2, 0.25) is 0 Å². The summed E-state index contributed by atoms with van der Waals surface area (Å²) in [5.74, 6) is 0.402. The molecule has 0 saturated carbocycles. The molecule has 204 valence electrons. The van der Waals surface area contributed by atoms with Crippen LogP contribution in [0.2, 0.25) is 0 Å². The van der Waals surface area contributed by atoms with Gasteiger partial charge in [-0.25, -0.2) is 4.79 Å². The quantitative estimate of drug-likeness (QED) is 0.257. The van der Waals surface area contributed by atoms with Crippen molar-refractivity contribution in [2.75, 3.05) is 0 Å². The first-order chi connectivity index (χ1) is 19.9. The van der Waals surface area contributed by atoms with Gasteiger partial charge in [-0.15, -0.1) is 0 Å². The van der Waals surface area contributed by atoms with Gasteiger partial charge in [-0.3, -0.25) is 4.79 Å². The number of ketones is 1.